The van der Waals surface area contributed by atoms with Crippen LogP contribution < -0.4 is 5.56 Å². The molecular formula is C21H27N3O3. The highest BCUT2D eigenvalue weighted by Crippen LogP contribution is 2.39. The van der Waals surface area contributed by atoms with Gasteiger partial charge in [0.2, 0.25) is 5.91 Å². The van der Waals surface area contributed by atoms with Gasteiger partial charge in [-0.25, -0.2) is 4.98 Å². The van der Waals surface area contributed by atoms with Crippen LogP contribution in [0.25, 0.3) is 10.9 Å². The van der Waals surface area contributed by atoms with Crippen molar-refractivity contribution in [2.45, 2.75) is 57.0 Å². The molecule has 2 aliphatic rings. The molecule has 1 aliphatic heterocycles. The maximum Gasteiger partial charge on any atom is 0.258 e. The molecule has 0 radical (unpaired) electrons. The summed E-state index contributed by atoms with van der Waals surface area (Å²) in [5.74, 6) is 1.00. The summed E-state index contributed by atoms with van der Waals surface area (Å²) < 4.78 is 0. The van der Waals surface area contributed by atoms with Gasteiger partial charge in [-0.2, -0.15) is 0 Å². The molecule has 2 atom stereocenters. The largest absolute Gasteiger partial charge is 0.389 e. The Morgan fingerprint density at radius 2 is 2.15 bits per heavy atom. The van der Waals surface area contributed by atoms with Gasteiger partial charge >= 0.3 is 0 Å². The molecule has 6 heteroatoms. The van der Waals surface area contributed by atoms with Gasteiger partial charge in [-0.3, -0.25) is 9.59 Å². The Labute approximate surface area is 158 Å². The zero-order chi connectivity index (χ0) is 18.9. The van der Waals surface area contributed by atoms with E-state index in [0.717, 1.165) is 25.7 Å². The lowest BCUT2D eigenvalue weighted by Gasteiger charge is -2.47. The van der Waals surface area contributed by atoms with Crippen LogP contribution in [0.4, 0.5) is 0 Å². The van der Waals surface area contributed by atoms with E-state index in [9.17, 15) is 14.7 Å². The molecule has 1 aromatic heterocycles. The van der Waals surface area contributed by atoms with Gasteiger partial charge < -0.3 is 15.0 Å². The Bertz CT molecular complexity index is 894. The van der Waals surface area contributed by atoms with Gasteiger partial charge in [0.1, 0.15) is 5.82 Å². The number of nitrogens with one attached hydrogen (secondary N) is 1. The van der Waals surface area contributed by atoms with E-state index in [2.05, 4.69) is 9.97 Å². The van der Waals surface area contributed by atoms with Gasteiger partial charge in [0.05, 0.1) is 16.5 Å². The Balaban J connectivity index is 1.33. The van der Waals surface area contributed by atoms with E-state index in [0.29, 0.717) is 55.5 Å². The number of nitrogens with zero attached hydrogens (tertiary/aromatic N) is 2. The highest BCUT2D eigenvalue weighted by molar-refractivity contribution is 5.77. The van der Waals surface area contributed by atoms with Crippen LogP contribution >= 0.6 is 0 Å². The number of aliphatic hydroxyl groups is 1. The second-order valence-electron chi connectivity index (χ2n) is 8.02. The van der Waals surface area contributed by atoms with Crippen LogP contribution in [0.1, 0.15) is 50.8 Å². The van der Waals surface area contributed by atoms with Crippen molar-refractivity contribution in [2.75, 3.05) is 13.1 Å². The van der Waals surface area contributed by atoms with Crippen molar-refractivity contribution in [2.24, 2.45) is 5.92 Å². The molecule has 0 bridgehead atoms. The number of para-hydroxylation sites is 1. The van der Waals surface area contributed by atoms with Crippen LogP contribution in [0.15, 0.2) is 29.1 Å². The lowest BCUT2D eigenvalue weighted by molar-refractivity contribution is -0.143. The summed E-state index contributed by atoms with van der Waals surface area (Å²) in [6.07, 6.45) is 6.51. The van der Waals surface area contributed by atoms with Crippen LogP contribution in [0.2, 0.25) is 0 Å². The SMILES string of the molecule is O=C(CCCc1nc2ccccc2c(=O)[nH]1)N1CC[C@]2(O)CCCC[C@H]2C1. The van der Waals surface area contributed by atoms with Crippen LogP contribution in [-0.2, 0) is 11.2 Å². The normalized spacial score (nSPS) is 25.4. The third kappa shape index (κ3) is 3.76. The van der Waals surface area contributed by atoms with Crippen molar-refractivity contribution in [3.8, 4) is 0 Å². The topological polar surface area (TPSA) is 86.3 Å². The minimum Gasteiger partial charge on any atom is -0.389 e. The fourth-order valence-electron chi connectivity index (χ4n) is 4.62. The number of fused-ring (bicyclic) bond motifs is 2. The number of aromatic nitrogens is 2. The molecule has 1 aliphatic carbocycles. The molecule has 27 heavy (non-hydrogen) atoms. The Morgan fingerprint density at radius 1 is 1.30 bits per heavy atom. The Kier molecular flexibility index (Phi) is 5.00. The summed E-state index contributed by atoms with van der Waals surface area (Å²) in [6.45, 7) is 1.33. The Hall–Kier alpha value is -2.21. The number of piperidine rings is 1. The van der Waals surface area contributed by atoms with Gasteiger partial charge in [-0.05, 0) is 37.8 Å². The first-order chi connectivity index (χ1) is 13.0. The van der Waals surface area contributed by atoms with E-state index >= 15 is 0 Å². The second kappa shape index (κ2) is 7.43. The minimum atomic E-state index is -0.552. The minimum absolute atomic E-state index is 0.130. The fourth-order valence-corrected chi connectivity index (χ4v) is 4.62. The molecule has 144 valence electrons. The average Bonchev–Trinajstić information content (AvgIpc) is 2.67. The number of amides is 1. The van der Waals surface area contributed by atoms with Gasteiger partial charge in [0.15, 0.2) is 0 Å². The van der Waals surface area contributed by atoms with Crippen molar-refractivity contribution in [3.05, 3.63) is 40.4 Å². The first-order valence-electron chi connectivity index (χ1n) is 10.0. The number of H-pyrrole nitrogens is 1. The van der Waals surface area contributed by atoms with E-state index < -0.39 is 5.60 Å². The summed E-state index contributed by atoms with van der Waals surface area (Å²) in [7, 11) is 0. The summed E-state index contributed by atoms with van der Waals surface area (Å²) in [5.41, 5.74) is 0.00789. The maximum atomic E-state index is 12.6. The standard InChI is InChI=1S/C21H27N3O3/c25-19(24-13-12-21(27)11-4-3-6-15(21)14-24)10-5-9-18-22-17-8-2-1-7-16(17)20(26)23-18/h1-2,7-8,15,27H,3-6,9-14H2,(H,22,23,26)/t15-,21+/m0/s1. The predicted molar refractivity (Wildman–Crippen MR) is 103 cm³/mol. The monoisotopic (exact) mass is 369 g/mol. The third-order valence-electron chi connectivity index (χ3n) is 6.25. The Morgan fingerprint density at radius 3 is 3.04 bits per heavy atom. The van der Waals surface area contributed by atoms with E-state index in [1.165, 1.54) is 0 Å². The third-order valence-corrected chi connectivity index (χ3v) is 6.25. The van der Waals surface area contributed by atoms with Gasteiger partial charge in [-0.15, -0.1) is 0 Å². The lowest BCUT2D eigenvalue weighted by Crippen LogP contribution is -2.54. The highest BCUT2D eigenvalue weighted by Gasteiger charge is 2.43. The molecule has 2 heterocycles. The van der Waals surface area contributed by atoms with Crippen molar-refractivity contribution in [3.63, 3.8) is 0 Å². The summed E-state index contributed by atoms with van der Waals surface area (Å²) in [6, 6.07) is 7.28. The number of benzene rings is 1. The quantitative estimate of drug-likeness (QED) is 0.866. The van der Waals surface area contributed by atoms with Gasteiger partial charge in [0, 0.05) is 31.8 Å². The van der Waals surface area contributed by atoms with E-state index in [1.807, 2.05) is 23.1 Å². The molecule has 2 aromatic rings. The zero-order valence-electron chi connectivity index (χ0n) is 15.6. The van der Waals surface area contributed by atoms with Crippen molar-refractivity contribution < 1.29 is 9.90 Å². The zero-order valence-corrected chi connectivity index (χ0v) is 15.6. The van der Waals surface area contributed by atoms with Crippen molar-refractivity contribution >= 4 is 16.8 Å². The number of carbonyl (C=O) groups excluding carboxylic acids is 1. The van der Waals surface area contributed by atoms with Crippen LogP contribution in [0.3, 0.4) is 0 Å². The van der Waals surface area contributed by atoms with Crippen LogP contribution in [0, 0.1) is 5.92 Å². The summed E-state index contributed by atoms with van der Waals surface area (Å²) in [4.78, 5) is 33.9. The number of carbonyl (C=O) groups is 1. The molecule has 1 saturated heterocycles. The van der Waals surface area contributed by atoms with E-state index in [-0.39, 0.29) is 17.4 Å². The molecule has 6 nitrogen and oxygen atoms in total. The first-order valence-corrected chi connectivity index (χ1v) is 10.0. The molecular weight excluding hydrogens is 342 g/mol. The highest BCUT2D eigenvalue weighted by atomic mass is 16.3. The fraction of sp³-hybridized carbons (Fsp3) is 0.571. The van der Waals surface area contributed by atoms with Crippen molar-refractivity contribution in [1.29, 1.82) is 0 Å². The summed E-state index contributed by atoms with van der Waals surface area (Å²) in [5, 5.41) is 11.3. The van der Waals surface area contributed by atoms with Gasteiger partial charge in [-0.1, -0.05) is 25.0 Å². The number of likely N-dealkylation sites (tertiary alicyclic amines) is 1. The molecule has 2 N–H and O–H groups in total. The van der Waals surface area contributed by atoms with E-state index in [1.54, 1.807) is 6.07 Å². The molecule has 1 aromatic carbocycles. The molecule has 1 amide bonds. The summed E-state index contributed by atoms with van der Waals surface area (Å²) >= 11 is 0. The first kappa shape index (κ1) is 18.2. The molecule has 2 fully saturated rings. The predicted octanol–water partition coefficient (Wildman–Crippen LogP) is 2.40. The van der Waals surface area contributed by atoms with Crippen LogP contribution in [0.5, 0.6) is 0 Å². The van der Waals surface area contributed by atoms with Crippen molar-refractivity contribution in [1.82, 2.24) is 14.9 Å². The van der Waals surface area contributed by atoms with E-state index in [4.69, 9.17) is 0 Å². The number of aromatic amines is 1. The maximum absolute atomic E-state index is 12.6. The number of hydrogen-bond acceptors (Lipinski definition) is 4. The molecule has 4 rings (SSSR count). The average molecular weight is 369 g/mol. The smallest absolute Gasteiger partial charge is 0.258 e. The van der Waals surface area contributed by atoms with Gasteiger partial charge in [0.25, 0.3) is 5.56 Å². The second-order valence-corrected chi connectivity index (χ2v) is 8.02. The number of rotatable bonds is 4. The number of hydrogen-bond donors (Lipinski definition) is 2. The molecule has 0 spiro atoms. The number of aryl methyl sites for hydroxylation is 1. The molecule has 1 saturated carbocycles. The lowest BCUT2D eigenvalue weighted by atomic mass is 9.71. The molecule has 0 unspecified atom stereocenters. The van der Waals surface area contributed by atoms with Crippen LogP contribution in [-0.4, -0.2) is 44.6 Å².